The fourth-order valence-corrected chi connectivity index (χ4v) is 3.42. The summed E-state index contributed by atoms with van der Waals surface area (Å²) in [5.41, 5.74) is 1.59. The zero-order valence-electron chi connectivity index (χ0n) is 14.8. The van der Waals surface area contributed by atoms with Gasteiger partial charge >= 0.3 is 0 Å². The molecule has 0 saturated carbocycles. The van der Waals surface area contributed by atoms with Gasteiger partial charge in [-0.15, -0.1) is 10.2 Å². The van der Waals surface area contributed by atoms with Crippen LogP contribution in [0.25, 0.3) is 0 Å². The third kappa shape index (κ3) is 4.87. The van der Waals surface area contributed by atoms with Gasteiger partial charge in [-0.05, 0) is 30.7 Å². The Labute approximate surface area is 166 Å². The number of aromatic nitrogens is 3. The molecule has 0 radical (unpaired) electrons. The third-order valence-electron chi connectivity index (χ3n) is 3.97. The van der Waals surface area contributed by atoms with Crippen LogP contribution >= 0.6 is 23.4 Å². The van der Waals surface area contributed by atoms with Gasteiger partial charge in [-0.3, -0.25) is 4.79 Å². The van der Waals surface area contributed by atoms with Gasteiger partial charge < -0.3 is 9.88 Å². The molecule has 0 spiro atoms. The largest absolute Gasteiger partial charge is 0.325 e. The third-order valence-corrected chi connectivity index (χ3v) is 5.39. The van der Waals surface area contributed by atoms with Crippen molar-refractivity contribution in [3.63, 3.8) is 0 Å². The predicted octanol–water partition coefficient (Wildman–Crippen LogP) is 4.32. The maximum absolute atomic E-state index is 13.2. The van der Waals surface area contributed by atoms with Crippen molar-refractivity contribution in [1.82, 2.24) is 14.8 Å². The SMILES string of the molecule is C[C@H](Sc1nnc(Cc2ccccc2)n1C)C(=O)Nc1ccc(F)c(Cl)c1. The van der Waals surface area contributed by atoms with E-state index in [1.54, 1.807) is 6.92 Å². The number of thioether (sulfide) groups is 1. The zero-order valence-corrected chi connectivity index (χ0v) is 16.4. The number of hydrogen-bond donors (Lipinski definition) is 1. The van der Waals surface area contributed by atoms with E-state index in [4.69, 9.17) is 11.6 Å². The number of carbonyl (C=O) groups excluding carboxylic acids is 1. The number of halogens is 2. The first-order chi connectivity index (χ1) is 12.9. The molecule has 2 aromatic carbocycles. The van der Waals surface area contributed by atoms with Crippen molar-refractivity contribution in [3.05, 3.63) is 70.8 Å². The molecule has 8 heteroatoms. The summed E-state index contributed by atoms with van der Waals surface area (Å²) < 4.78 is 15.1. The minimum absolute atomic E-state index is 0.0352. The number of carbonyl (C=O) groups is 1. The molecule has 1 atom stereocenters. The number of benzene rings is 2. The molecule has 27 heavy (non-hydrogen) atoms. The van der Waals surface area contributed by atoms with Crippen LogP contribution < -0.4 is 5.32 Å². The Morgan fingerprint density at radius 1 is 1.26 bits per heavy atom. The highest BCUT2D eigenvalue weighted by molar-refractivity contribution is 8.00. The molecule has 0 fully saturated rings. The van der Waals surface area contributed by atoms with Crippen LogP contribution in [-0.2, 0) is 18.3 Å². The standard InChI is InChI=1S/C19H18ClFN4OS/c1-12(18(26)22-14-8-9-16(21)15(20)11-14)27-19-24-23-17(25(19)2)10-13-6-4-3-5-7-13/h3-9,11-12H,10H2,1-2H3,(H,22,26)/t12-/m0/s1. The fourth-order valence-electron chi connectivity index (χ4n) is 2.41. The van der Waals surface area contributed by atoms with Gasteiger partial charge in [0.25, 0.3) is 0 Å². The maximum atomic E-state index is 13.2. The van der Waals surface area contributed by atoms with Crippen molar-refractivity contribution in [2.45, 2.75) is 23.8 Å². The second kappa shape index (κ2) is 8.54. The van der Waals surface area contributed by atoms with Crippen molar-refractivity contribution in [1.29, 1.82) is 0 Å². The summed E-state index contributed by atoms with van der Waals surface area (Å²) in [7, 11) is 1.88. The average molecular weight is 405 g/mol. The Hall–Kier alpha value is -2.38. The topological polar surface area (TPSA) is 59.8 Å². The monoisotopic (exact) mass is 404 g/mol. The highest BCUT2D eigenvalue weighted by Gasteiger charge is 2.19. The first kappa shape index (κ1) is 19.4. The van der Waals surface area contributed by atoms with Crippen LogP contribution in [0.2, 0.25) is 5.02 Å². The van der Waals surface area contributed by atoms with E-state index >= 15 is 0 Å². The van der Waals surface area contributed by atoms with Crippen molar-refractivity contribution in [3.8, 4) is 0 Å². The van der Waals surface area contributed by atoms with Crippen molar-refractivity contribution < 1.29 is 9.18 Å². The smallest absolute Gasteiger partial charge is 0.237 e. The lowest BCUT2D eigenvalue weighted by Crippen LogP contribution is -2.22. The van der Waals surface area contributed by atoms with E-state index in [1.165, 1.54) is 30.0 Å². The number of amides is 1. The molecule has 0 aliphatic heterocycles. The molecule has 1 heterocycles. The lowest BCUT2D eigenvalue weighted by Gasteiger charge is -2.12. The minimum Gasteiger partial charge on any atom is -0.325 e. The fraction of sp³-hybridized carbons (Fsp3) is 0.211. The summed E-state index contributed by atoms with van der Waals surface area (Å²) in [6.45, 7) is 1.77. The van der Waals surface area contributed by atoms with Crippen LogP contribution in [0.15, 0.2) is 53.7 Å². The Morgan fingerprint density at radius 3 is 2.70 bits per heavy atom. The van der Waals surface area contributed by atoms with E-state index in [0.29, 0.717) is 17.3 Å². The molecule has 0 aliphatic rings. The average Bonchev–Trinajstić information content (AvgIpc) is 2.99. The van der Waals surface area contributed by atoms with Gasteiger partial charge in [0.05, 0.1) is 10.3 Å². The summed E-state index contributed by atoms with van der Waals surface area (Å²) in [5.74, 6) is 0.0685. The minimum atomic E-state index is -0.526. The number of nitrogens with zero attached hydrogens (tertiary/aromatic N) is 3. The zero-order chi connectivity index (χ0) is 19.4. The van der Waals surface area contributed by atoms with Gasteiger partial charge in [0, 0.05) is 19.2 Å². The summed E-state index contributed by atoms with van der Waals surface area (Å²) in [6, 6.07) is 14.1. The molecule has 3 rings (SSSR count). The molecular formula is C19H18ClFN4OS. The van der Waals surface area contributed by atoms with Gasteiger partial charge in [-0.1, -0.05) is 53.7 Å². The normalized spacial score (nSPS) is 12.0. The first-order valence-electron chi connectivity index (χ1n) is 8.29. The van der Waals surface area contributed by atoms with Gasteiger partial charge in [-0.25, -0.2) is 4.39 Å². The lowest BCUT2D eigenvalue weighted by atomic mass is 10.1. The summed E-state index contributed by atoms with van der Waals surface area (Å²) in [5, 5.41) is 11.4. The Bertz CT molecular complexity index is 948. The quantitative estimate of drug-likeness (QED) is 0.621. The van der Waals surface area contributed by atoms with E-state index in [-0.39, 0.29) is 10.9 Å². The highest BCUT2D eigenvalue weighted by atomic mass is 35.5. The predicted molar refractivity (Wildman–Crippen MR) is 106 cm³/mol. The Morgan fingerprint density at radius 2 is 2.00 bits per heavy atom. The molecule has 3 aromatic rings. The van der Waals surface area contributed by atoms with Gasteiger partial charge in [0.15, 0.2) is 5.16 Å². The summed E-state index contributed by atoms with van der Waals surface area (Å²) >= 11 is 7.05. The van der Waals surface area contributed by atoms with E-state index in [9.17, 15) is 9.18 Å². The Kier molecular flexibility index (Phi) is 6.13. The van der Waals surface area contributed by atoms with Crippen LogP contribution in [0.4, 0.5) is 10.1 Å². The number of hydrogen-bond acceptors (Lipinski definition) is 4. The molecule has 0 saturated heterocycles. The lowest BCUT2D eigenvalue weighted by molar-refractivity contribution is -0.115. The van der Waals surface area contributed by atoms with Gasteiger partial charge in [0.2, 0.25) is 5.91 Å². The molecule has 1 N–H and O–H groups in total. The molecule has 0 aliphatic carbocycles. The van der Waals surface area contributed by atoms with Crippen molar-refractivity contribution >= 4 is 35.0 Å². The van der Waals surface area contributed by atoms with E-state index in [0.717, 1.165) is 11.4 Å². The van der Waals surface area contributed by atoms with Crippen LogP contribution in [0.1, 0.15) is 18.3 Å². The molecule has 1 amide bonds. The molecule has 5 nitrogen and oxygen atoms in total. The number of nitrogens with one attached hydrogen (secondary N) is 1. The van der Waals surface area contributed by atoms with Crippen molar-refractivity contribution in [2.75, 3.05) is 5.32 Å². The van der Waals surface area contributed by atoms with Crippen LogP contribution in [0.5, 0.6) is 0 Å². The molecule has 1 aromatic heterocycles. The molecule has 0 unspecified atom stereocenters. The summed E-state index contributed by atoms with van der Waals surface area (Å²) in [4.78, 5) is 12.4. The van der Waals surface area contributed by atoms with Crippen LogP contribution in [-0.4, -0.2) is 25.9 Å². The van der Waals surface area contributed by atoms with Gasteiger partial charge in [-0.2, -0.15) is 0 Å². The van der Waals surface area contributed by atoms with Gasteiger partial charge in [0.1, 0.15) is 11.6 Å². The Balaban J connectivity index is 1.64. The van der Waals surface area contributed by atoms with Crippen LogP contribution in [0, 0.1) is 5.82 Å². The second-order valence-electron chi connectivity index (χ2n) is 6.00. The second-order valence-corrected chi connectivity index (χ2v) is 7.71. The van der Waals surface area contributed by atoms with Crippen LogP contribution in [0.3, 0.4) is 0 Å². The number of rotatable bonds is 6. The molecular weight excluding hydrogens is 387 g/mol. The van der Waals surface area contributed by atoms with E-state index in [2.05, 4.69) is 15.5 Å². The maximum Gasteiger partial charge on any atom is 0.237 e. The highest BCUT2D eigenvalue weighted by Crippen LogP contribution is 2.24. The summed E-state index contributed by atoms with van der Waals surface area (Å²) in [6.07, 6.45) is 0.666. The van der Waals surface area contributed by atoms with E-state index < -0.39 is 11.1 Å². The van der Waals surface area contributed by atoms with E-state index in [1.807, 2.05) is 41.9 Å². The van der Waals surface area contributed by atoms with Crippen molar-refractivity contribution in [2.24, 2.45) is 7.05 Å². The molecule has 140 valence electrons. The number of anilines is 1. The molecule has 0 bridgehead atoms. The first-order valence-corrected chi connectivity index (χ1v) is 9.54.